The lowest BCUT2D eigenvalue weighted by Gasteiger charge is -2.07. The fourth-order valence-corrected chi connectivity index (χ4v) is 2.77. The van der Waals surface area contributed by atoms with E-state index >= 15 is 0 Å². The molecule has 0 amide bonds. The highest BCUT2D eigenvalue weighted by Crippen LogP contribution is 2.18. The molecule has 16 heavy (non-hydrogen) atoms. The molecule has 0 aliphatic heterocycles. The molecule has 1 aromatic carbocycles. The van der Waals surface area contributed by atoms with Gasteiger partial charge in [0.1, 0.15) is 0 Å². The summed E-state index contributed by atoms with van der Waals surface area (Å²) in [5.74, 6) is 0. The third-order valence-electron chi connectivity index (χ3n) is 2.05. The maximum atomic E-state index is 11.6. The summed E-state index contributed by atoms with van der Waals surface area (Å²) in [6.45, 7) is 1.57. The van der Waals surface area contributed by atoms with Gasteiger partial charge in [0.25, 0.3) is 0 Å². The number of rotatable bonds is 3. The molecular formula is C8H12N2O4S2. The maximum absolute atomic E-state index is 11.6. The molecule has 0 aromatic heterocycles. The van der Waals surface area contributed by atoms with Crippen molar-refractivity contribution in [2.45, 2.75) is 16.7 Å². The second-order valence-electron chi connectivity index (χ2n) is 3.18. The van der Waals surface area contributed by atoms with Gasteiger partial charge in [-0.3, -0.25) is 0 Å². The van der Waals surface area contributed by atoms with Crippen LogP contribution in [-0.2, 0) is 20.0 Å². The molecule has 1 aromatic rings. The predicted octanol–water partition coefficient (Wildman–Crippen LogP) is -0.449. The first-order valence-corrected chi connectivity index (χ1v) is 7.28. The van der Waals surface area contributed by atoms with E-state index in [4.69, 9.17) is 5.14 Å². The first-order chi connectivity index (χ1) is 7.18. The van der Waals surface area contributed by atoms with E-state index in [1.54, 1.807) is 6.92 Å². The van der Waals surface area contributed by atoms with E-state index in [0.717, 1.165) is 6.07 Å². The molecular weight excluding hydrogens is 252 g/mol. The first kappa shape index (κ1) is 13.1. The Kier molecular flexibility index (Phi) is 3.38. The van der Waals surface area contributed by atoms with Gasteiger partial charge >= 0.3 is 0 Å². The number of primary sulfonamides is 1. The minimum Gasteiger partial charge on any atom is -0.225 e. The van der Waals surface area contributed by atoms with E-state index in [1.807, 2.05) is 0 Å². The monoisotopic (exact) mass is 264 g/mol. The van der Waals surface area contributed by atoms with Gasteiger partial charge in [0.2, 0.25) is 20.0 Å². The molecule has 90 valence electrons. The molecule has 0 spiro atoms. The van der Waals surface area contributed by atoms with Crippen molar-refractivity contribution >= 4 is 20.0 Å². The van der Waals surface area contributed by atoms with Crippen LogP contribution in [0, 0.1) is 6.92 Å². The van der Waals surface area contributed by atoms with Crippen LogP contribution in [0.5, 0.6) is 0 Å². The highest BCUT2D eigenvalue weighted by molar-refractivity contribution is 7.90. The number of sulfonamides is 2. The van der Waals surface area contributed by atoms with Gasteiger partial charge in [-0.15, -0.1) is 0 Å². The summed E-state index contributed by atoms with van der Waals surface area (Å²) in [5, 5.41) is 4.92. The lowest BCUT2D eigenvalue weighted by atomic mass is 10.2. The number of hydrogen-bond acceptors (Lipinski definition) is 4. The van der Waals surface area contributed by atoms with Gasteiger partial charge in [-0.1, -0.05) is 6.07 Å². The van der Waals surface area contributed by atoms with Crippen LogP contribution in [0.2, 0.25) is 0 Å². The molecule has 0 unspecified atom stereocenters. The Morgan fingerprint density at radius 3 is 2.19 bits per heavy atom. The van der Waals surface area contributed by atoms with E-state index in [1.165, 1.54) is 19.2 Å². The molecule has 0 saturated heterocycles. The molecule has 0 bridgehead atoms. The van der Waals surface area contributed by atoms with E-state index in [2.05, 4.69) is 4.72 Å². The Balaban J connectivity index is 3.54. The molecule has 0 atom stereocenters. The topological polar surface area (TPSA) is 106 Å². The number of benzene rings is 1. The zero-order valence-corrected chi connectivity index (χ0v) is 10.4. The van der Waals surface area contributed by atoms with E-state index in [9.17, 15) is 16.8 Å². The van der Waals surface area contributed by atoms with Gasteiger partial charge < -0.3 is 0 Å². The maximum Gasteiger partial charge on any atom is 0.240 e. The summed E-state index contributed by atoms with van der Waals surface area (Å²) in [7, 11) is -6.34. The van der Waals surface area contributed by atoms with Crippen LogP contribution < -0.4 is 9.86 Å². The second-order valence-corrected chi connectivity index (χ2v) is 6.60. The van der Waals surface area contributed by atoms with Crippen molar-refractivity contribution in [1.82, 2.24) is 4.72 Å². The lowest BCUT2D eigenvalue weighted by Crippen LogP contribution is -2.21. The standard InChI is InChI=1S/C8H12N2O4S2/c1-6-3-4-7(15(9,11)12)5-8(6)16(13,14)10-2/h3-5,10H,1-2H3,(H2,9,11,12). The average Bonchev–Trinajstić information content (AvgIpc) is 2.16. The van der Waals surface area contributed by atoms with Gasteiger partial charge in [0.15, 0.2) is 0 Å². The summed E-state index contributed by atoms with van der Waals surface area (Å²) in [5.41, 5.74) is 0.446. The number of nitrogens with two attached hydrogens (primary N) is 1. The zero-order valence-electron chi connectivity index (χ0n) is 8.76. The first-order valence-electron chi connectivity index (χ1n) is 4.25. The molecule has 0 heterocycles. The van der Waals surface area contributed by atoms with Crippen molar-refractivity contribution in [1.29, 1.82) is 0 Å². The molecule has 0 radical (unpaired) electrons. The van der Waals surface area contributed by atoms with Crippen LogP contribution in [0.15, 0.2) is 28.0 Å². The highest BCUT2D eigenvalue weighted by atomic mass is 32.2. The van der Waals surface area contributed by atoms with E-state index in [0.29, 0.717) is 5.56 Å². The van der Waals surface area contributed by atoms with Gasteiger partial charge in [0.05, 0.1) is 9.79 Å². The fraction of sp³-hybridized carbons (Fsp3) is 0.250. The van der Waals surface area contributed by atoms with Crippen LogP contribution >= 0.6 is 0 Å². The van der Waals surface area contributed by atoms with E-state index in [-0.39, 0.29) is 9.79 Å². The van der Waals surface area contributed by atoms with Crippen LogP contribution in [0.4, 0.5) is 0 Å². The van der Waals surface area contributed by atoms with Crippen molar-refractivity contribution < 1.29 is 16.8 Å². The van der Waals surface area contributed by atoms with Gasteiger partial charge in [-0.2, -0.15) is 0 Å². The number of nitrogens with one attached hydrogen (secondary N) is 1. The molecule has 0 aliphatic rings. The van der Waals surface area contributed by atoms with Crippen LogP contribution in [0.1, 0.15) is 5.56 Å². The van der Waals surface area contributed by atoms with Crippen molar-refractivity contribution in [3.8, 4) is 0 Å². The summed E-state index contributed by atoms with van der Waals surface area (Å²) in [6, 6.07) is 3.69. The summed E-state index contributed by atoms with van der Waals surface area (Å²) >= 11 is 0. The SMILES string of the molecule is CNS(=O)(=O)c1cc(S(N)(=O)=O)ccc1C. The summed E-state index contributed by atoms with van der Waals surface area (Å²) in [4.78, 5) is -0.326. The van der Waals surface area contributed by atoms with Crippen LogP contribution in [0.25, 0.3) is 0 Å². The highest BCUT2D eigenvalue weighted by Gasteiger charge is 2.18. The minimum absolute atomic E-state index is 0.0958. The smallest absolute Gasteiger partial charge is 0.225 e. The van der Waals surface area contributed by atoms with Crippen molar-refractivity contribution in [3.63, 3.8) is 0 Å². The van der Waals surface area contributed by atoms with Crippen molar-refractivity contribution in [2.75, 3.05) is 7.05 Å². The van der Waals surface area contributed by atoms with Crippen LogP contribution in [-0.4, -0.2) is 23.9 Å². The third kappa shape index (κ3) is 2.59. The number of hydrogen-bond donors (Lipinski definition) is 2. The van der Waals surface area contributed by atoms with Crippen molar-refractivity contribution in [2.24, 2.45) is 5.14 Å². The molecule has 8 heteroatoms. The summed E-state index contributed by atoms with van der Waals surface area (Å²) < 4.78 is 47.4. The van der Waals surface area contributed by atoms with Crippen molar-refractivity contribution in [3.05, 3.63) is 23.8 Å². The quantitative estimate of drug-likeness (QED) is 0.771. The zero-order chi connectivity index (χ0) is 12.6. The molecule has 6 nitrogen and oxygen atoms in total. The second kappa shape index (κ2) is 4.13. The Labute approximate surface area is 94.6 Å². The Bertz CT molecular complexity index is 605. The third-order valence-corrected chi connectivity index (χ3v) is 4.51. The van der Waals surface area contributed by atoms with E-state index < -0.39 is 20.0 Å². The van der Waals surface area contributed by atoms with Gasteiger partial charge in [-0.25, -0.2) is 26.7 Å². The Hall–Kier alpha value is -0.960. The molecule has 1 rings (SSSR count). The Morgan fingerprint density at radius 1 is 1.19 bits per heavy atom. The molecule has 0 saturated carbocycles. The number of aryl methyl sites for hydroxylation is 1. The normalized spacial score (nSPS) is 12.7. The largest absolute Gasteiger partial charge is 0.240 e. The molecule has 0 aliphatic carbocycles. The average molecular weight is 264 g/mol. The fourth-order valence-electron chi connectivity index (χ4n) is 1.16. The summed E-state index contributed by atoms with van der Waals surface area (Å²) in [6.07, 6.45) is 0. The van der Waals surface area contributed by atoms with Gasteiger partial charge in [-0.05, 0) is 31.7 Å². The molecule has 3 N–H and O–H groups in total. The van der Waals surface area contributed by atoms with Gasteiger partial charge in [0, 0.05) is 0 Å². The molecule has 0 fully saturated rings. The van der Waals surface area contributed by atoms with Crippen LogP contribution in [0.3, 0.4) is 0 Å². The minimum atomic E-state index is -3.90. The Morgan fingerprint density at radius 2 is 1.75 bits per heavy atom. The predicted molar refractivity (Wildman–Crippen MR) is 58.8 cm³/mol. The lowest BCUT2D eigenvalue weighted by molar-refractivity contribution is 0.587.